The molecule has 1 aromatic heterocycles. The van der Waals surface area contributed by atoms with E-state index in [1.54, 1.807) is 29.5 Å². The third kappa shape index (κ3) is 6.41. The maximum absolute atomic E-state index is 14.5. The summed E-state index contributed by atoms with van der Waals surface area (Å²) >= 11 is 1.63. The highest BCUT2D eigenvalue weighted by molar-refractivity contribution is 7.15. The minimum absolute atomic E-state index is 0.233. The Morgan fingerprint density at radius 3 is 2.65 bits per heavy atom. The minimum atomic E-state index is -0.470. The quantitative estimate of drug-likeness (QED) is 0.195. The molecule has 2 aromatic rings. The lowest BCUT2D eigenvalue weighted by Crippen LogP contribution is -2.04. The third-order valence-electron chi connectivity index (χ3n) is 4.09. The highest BCUT2D eigenvalue weighted by Crippen LogP contribution is 2.32. The predicted molar refractivity (Wildman–Crippen MR) is 107 cm³/mol. The summed E-state index contributed by atoms with van der Waals surface area (Å²) in [4.78, 5) is 13.9. The standard InChI is InChI=1S/C22H27FO2S/c1-3-5-7-9-11-22(24)25-17-12-14-19(20(23)16-17)21-15-13-18(26-21)10-8-6-4-2/h9,11-16H,3-8,10H2,1-2H3/b11-9+. The maximum Gasteiger partial charge on any atom is 0.335 e. The van der Waals surface area contributed by atoms with E-state index >= 15 is 0 Å². The molecule has 0 saturated heterocycles. The Morgan fingerprint density at radius 2 is 1.92 bits per heavy atom. The van der Waals surface area contributed by atoms with Crippen LogP contribution in [0.2, 0.25) is 0 Å². The van der Waals surface area contributed by atoms with Crippen LogP contribution in [0.3, 0.4) is 0 Å². The lowest BCUT2D eigenvalue weighted by molar-refractivity contribution is -0.129. The van der Waals surface area contributed by atoms with Crippen molar-refractivity contribution in [2.45, 2.75) is 58.8 Å². The second-order valence-corrected chi connectivity index (χ2v) is 7.50. The number of carbonyl (C=O) groups is 1. The first-order valence-corrected chi connectivity index (χ1v) is 10.2. The molecule has 0 spiro atoms. The number of aryl methyl sites for hydroxylation is 1. The molecule has 2 nitrogen and oxygen atoms in total. The van der Waals surface area contributed by atoms with Gasteiger partial charge in [-0.2, -0.15) is 0 Å². The summed E-state index contributed by atoms with van der Waals surface area (Å²) in [6.45, 7) is 4.28. The van der Waals surface area contributed by atoms with Gasteiger partial charge in [0, 0.05) is 27.5 Å². The van der Waals surface area contributed by atoms with Gasteiger partial charge in [-0.3, -0.25) is 0 Å². The number of rotatable bonds is 10. The molecule has 0 aliphatic heterocycles. The number of halogens is 1. The second-order valence-electron chi connectivity index (χ2n) is 6.33. The molecule has 4 heteroatoms. The molecule has 0 unspecified atom stereocenters. The topological polar surface area (TPSA) is 26.3 Å². The predicted octanol–water partition coefficient (Wildman–Crippen LogP) is 6.94. The zero-order valence-corrected chi connectivity index (χ0v) is 16.4. The Kier molecular flexibility index (Phi) is 8.56. The summed E-state index contributed by atoms with van der Waals surface area (Å²) in [5.41, 5.74) is 0.551. The number of hydrogen-bond acceptors (Lipinski definition) is 3. The Hall–Kier alpha value is -1.94. The molecule has 0 aliphatic rings. The number of unbranched alkanes of at least 4 members (excludes halogenated alkanes) is 4. The monoisotopic (exact) mass is 374 g/mol. The van der Waals surface area contributed by atoms with Gasteiger partial charge in [0.15, 0.2) is 0 Å². The Bertz CT molecular complexity index is 733. The molecule has 0 fully saturated rings. The molecule has 0 bridgehead atoms. The van der Waals surface area contributed by atoms with Gasteiger partial charge in [0.2, 0.25) is 0 Å². The Balaban J connectivity index is 1.98. The van der Waals surface area contributed by atoms with Crippen LogP contribution >= 0.6 is 11.3 Å². The normalized spacial score (nSPS) is 11.2. The smallest absolute Gasteiger partial charge is 0.335 e. The van der Waals surface area contributed by atoms with Crippen LogP contribution in [0.25, 0.3) is 10.4 Å². The highest BCUT2D eigenvalue weighted by Gasteiger charge is 2.11. The molecule has 0 aliphatic carbocycles. The number of carbonyl (C=O) groups excluding carboxylic acids is 1. The fraction of sp³-hybridized carbons (Fsp3) is 0.409. The fourth-order valence-corrected chi connectivity index (χ4v) is 3.69. The Labute approximate surface area is 159 Å². The van der Waals surface area contributed by atoms with Gasteiger partial charge in [-0.05, 0) is 43.5 Å². The van der Waals surface area contributed by atoms with Crippen LogP contribution in [0.4, 0.5) is 4.39 Å². The summed E-state index contributed by atoms with van der Waals surface area (Å²) in [7, 11) is 0. The molecule has 140 valence electrons. The van der Waals surface area contributed by atoms with E-state index in [4.69, 9.17) is 4.74 Å². The van der Waals surface area contributed by atoms with Crippen LogP contribution in [-0.2, 0) is 11.2 Å². The zero-order valence-electron chi connectivity index (χ0n) is 15.6. The lowest BCUT2D eigenvalue weighted by Gasteiger charge is -2.05. The van der Waals surface area contributed by atoms with Crippen molar-refractivity contribution in [2.75, 3.05) is 0 Å². The van der Waals surface area contributed by atoms with Crippen molar-refractivity contribution < 1.29 is 13.9 Å². The van der Waals surface area contributed by atoms with Crippen LogP contribution < -0.4 is 4.74 Å². The summed E-state index contributed by atoms with van der Waals surface area (Å²) in [5.74, 6) is -0.606. The van der Waals surface area contributed by atoms with Gasteiger partial charge in [-0.25, -0.2) is 9.18 Å². The third-order valence-corrected chi connectivity index (χ3v) is 5.27. The first-order chi connectivity index (χ1) is 12.6. The molecule has 0 saturated carbocycles. The molecule has 0 radical (unpaired) electrons. The first-order valence-electron chi connectivity index (χ1n) is 9.41. The molecule has 0 N–H and O–H groups in total. The van der Waals surface area contributed by atoms with E-state index in [-0.39, 0.29) is 11.6 Å². The van der Waals surface area contributed by atoms with Crippen LogP contribution in [0.5, 0.6) is 5.75 Å². The van der Waals surface area contributed by atoms with Crippen LogP contribution in [0, 0.1) is 5.82 Å². The van der Waals surface area contributed by atoms with Crippen molar-refractivity contribution >= 4 is 17.3 Å². The van der Waals surface area contributed by atoms with E-state index in [9.17, 15) is 9.18 Å². The summed E-state index contributed by atoms with van der Waals surface area (Å²) < 4.78 is 19.6. The molecule has 0 atom stereocenters. The number of allylic oxidation sites excluding steroid dienone is 1. The van der Waals surface area contributed by atoms with Gasteiger partial charge < -0.3 is 4.74 Å². The largest absolute Gasteiger partial charge is 0.423 e. The van der Waals surface area contributed by atoms with Crippen molar-refractivity contribution in [3.8, 4) is 16.2 Å². The fourth-order valence-electron chi connectivity index (χ4n) is 2.62. The highest BCUT2D eigenvalue weighted by atomic mass is 32.1. The van der Waals surface area contributed by atoms with Gasteiger partial charge in [-0.15, -0.1) is 11.3 Å². The minimum Gasteiger partial charge on any atom is -0.423 e. The van der Waals surface area contributed by atoms with E-state index in [1.807, 2.05) is 6.07 Å². The number of esters is 1. The molecule has 26 heavy (non-hydrogen) atoms. The van der Waals surface area contributed by atoms with Gasteiger partial charge in [0.25, 0.3) is 0 Å². The van der Waals surface area contributed by atoms with Crippen LogP contribution in [0.1, 0.15) is 57.2 Å². The average Bonchev–Trinajstić information content (AvgIpc) is 3.08. The van der Waals surface area contributed by atoms with E-state index < -0.39 is 5.97 Å². The van der Waals surface area contributed by atoms with E-state index in [0.717, 1.165) is 30.6 Å². The van der Waals surface area contributed by atoms with Gasteiger partial charge in [0.1, 0.15) is 11.6 Å². The van der Waals surface area contributed by atoms with E-state index in [2.05, 4.69) is 19.9 Å². The molecule has 0 amide bonds. The molecular formula is C22H27FO2S. The molecule has 1 heterocycles. The van der Waals surface area contributed by atoms with Crippen LogP contribution in [0.15, 0.2) is 42.5 Å². The molecular weight excluding hydrogens is 347 g/mol. The molecule has 1 aromatic carbocycles. The zero-order chi connectivity index (χ0) is 18.8. The van der Waals surface area contributed by atoms with Crippen molar-refractivity contribution in [2.24, 2.45) is 0 Å². The van der Waals surface area contributed by atoms with Crippen molar-refractivity contribution in [1.29, 1.82) is 0 Å². The maximum atomic E-state index is 14.5. The number of thiophene rings is 1. The lowest BCUT2D eigenvalue weighted by atomic mass is 10.1. The van der Waals surface area contributed by atoms with Crippen molar-refractivity contribution in [3.63, 3.8) is 0 Å². The van der Waals surface area contributed by atoms with Gasteiger partial charge in [0.05, 0.1) is 0 Å². The first kappa shape index (κ1) is 20.4. The SMILES string of the molecule is CCCC/C=C/C(=O)Oc1ccc(-c2ccc(CCCCC)s2)c(F)c1. The van der Waals surface area contributed by atoms with E-state index in [0.29, 0.717) is 5.56 Å². The van der Waals surface area contributed by atoms with Crippen molar-refractivity contribution in [1.82, 2.24) is 0 Å². The summed E-state index contributed by atoms with van der Waals surface area (Å²) in [5, 5.41) is 0. The van der Waals surface area contributed by atoms with Gasteiger partial charge in [-0.1, -0.05) is 45.6 Å². The average molecular weight is 375 g/mol. The molecule has 2 rings (SSSR count). The van der Waals surface area contributed by atoms with Crippen LogP contribution in [-0.4, -0.2) is 5.97 Å². The number of hydrogen-bond donors (Lipinski definition) is 0. The summed E-state index contributed by atoms with van der Waals surface area (Å²) in [6.07, 6.45) is 10.8. The summed E-state index contributed by atoms with van der Waals surface area (Å²) in [6, 6.07) is 8.65. The Morgan fingerprint density at radius 1 is 1.12 bits per heavy atom. The number of ether oxygens (including phenoxy) is 1. The van der Waals surface area contributed by atoms with E-state index in [1.165, 1.54) is 36.3 Å². The second kappa shape index (κ2) is 10.9. The van der Waals surface area contributed by atoms with Gasteiger partial charge >= 0.3 is 5.97 Å². The number of benzene rings is 1. The van der Waals surface area contributed by atoms with Crippen molar-refractivity contribution in [3.05, 3.63) is 53.2 Å².